The molecule has 1 unspecified atom stereocenters. The number of amides is 2. The molecule has 0 aliphatic carbocycles. The lowest BCUT2D eigenvalue weighted by molar-refractivity contribution is -0.140. The molecule has 1 fully saturated rings. The molecule has 11 heteroatoms. The Morgan fingerprint density at radius 3 is 2.57 bits per heavy atom. The van der Waals surface area contributed by atoms with Gasteiger partial charge in [0.1, 0.15) is 6.10 Å². The summed E-state index contributed by atoms with van der Waals surface area (Å²) in [5.74, 6) is -0.633. The van der Waals surface area contributed by atoms with E-state index in [0.29, 0.717) is 48.1 Å². The minimum absolute atomic E-state index is 0.0349. The number of aliphatic hydroxyl groups excluding tert-OH is 1. The summed E-state index contributed by atoms with van der Waals surface area (Å²) >= 11 is 0. The van der Waals surface area contributed by atoms with Gasteiger partial charge in [0.05, 0.1) is 17.1 Å². The van der Waals surface area contributed by atoms with E-state index in [4.69, 9.17) is 10.7 Å². The van der Waals surface area contributed by atoms with E-state index in [1.807, 2.05) is 33.8 Å². The highest BCUT2D eigenvalue weighted by molar-refractivity contribution is 6.05. The summed E-state index contributed by atoms with van der Waals surface area (Å²) < 4.78 is 1.79. The standard InChI is InChI=1S/C26H35N7O4/c1-14(2)33-23-20(13-29-33)18(24(35)28-12-19-15(3)9-16(4)30-25(19)36)10-21(31-23)17-5-7-32(8-6-17)26(37)22(34)11-27/h9-10,13-14,17,22,34H,5-8,11-12,27H2,1-4H3,(H,28,35)(H,30,36). The van der Waals surface area contributed by atoms with Gasteiger partial charge in [-0.05, 0) is 58.2 Å². The molecular weight excluding hydrogens is 474 g/mol. The highest BCUT2D eigenvalue weighted by Gasteiger charge is 2.29. The van der Waals surface area contributed by atoms with Gasteiger partial charge in [-0.2, -0.15) is 5.10 Å². The van der Waals surface area contributed by atoms with Crippen LogP contribution in [0.4, 0.5) is 0 Å². The van der Waals surface area contributed by atoms with Crippen molar-refractivity contribution in [2.45, 2.75) is 65.1 Å². The van der Waals surface area contributed by atoms with Crippen molar-refractivity contribution in [2.75, 3.05) is 19.6 Å². The topological polar surface area (TPSA) is 159 Å². The molecule has 4 heterocycles. The second-order valence-corrected chi connectivity index (χ2v) is 9.99. The number of aliphatic hydroxyl groups is 1. The highest BCUT2D eigenvalue weighted by Crippen LogP contribution is 2.31. The zero-order valence-electron chi connectivity index (χ0n) is 21.7. The van der Waals surface area contributed by atoms with E-state index in [-0.39, 0.29) is 42.4 Å². The van der Waals surface area contributed by atoms with Gasteiger partial charge in [-0.1, -0.05) is 0 Å². The fourth-order valence-electron chi connectivity index (χ4n) is 4.88. The van der Waals surface area contributed by atoms with Gasteiger partial charge in [-0.15, -0.1) is 0 Å². The third kappa shape index (κ3) is 5.42. The van der Waals surface area contributed by atoms with Gasteiger partial charge in [0.2, 0.25) is 0 Å². The minimum atomic E-state index is -1.19. The molecule has 37 heavy (non-hydrogen) atoms. The number of fused-ring (bicyclic) bond motifs is 1. The van der Waals surface area contributed by atoms with Crippen LogP contribution in [0.2, 0.25) is 0 Å². The summed E-state index contributed by atoms with van der Waals surface area (Å²) in [6.45, 7) is 8.60. The van der Waals surface area contributed by atoms with Crippen LogP contribution in [0.1, 0.15) is 71.5 Å². The first-order valence-corrected chi connectivity index (χ1v) is 12.6. The van der Waals surface area contributed by atoms with Gasteiger partial charge in [-0.25, -0.2) is 9.67 Å². The summed E-state index contributed by atoms with van der Waals surface area (Å²) in [4.78, 5) is 47.4. The third-order valence-corrected chi connectivity index (χ3v) is 6.97. The van der Waals surface area contributed by atoms with Gasteiger partial charge in [0.15, 0.2) is 5.65 Å². The number of nitrogens with zero attached hydrogens (tertiary/aromatic N) is 4. The van der Waals surface area contributed by atoms with Crippen LogP contribution in [-0.4, -0.2) is 67.3 Å². The van der Waals surface area contributed by atoms with Crippen LogP contribution in [0.5, 0.6) is 0 Å². The van der Waals surface area contributed by atoms with Gasteiger partial charge < -0.3 is 26.0 Å². The number of hydrogen-bond donors (Lipinski definition) is 4. The number of rotatable bonds is 7. The Morgan fingerprint density at radius 2 is 1.95 bits per heavy atom. The van der Waals surface area contributed by atoms with Gasteiger partial charge in [0.25, 0.3) is 17.4 Å². The monoisotopic (exact) mass is 509 g/mol. The van der Waals surface area contributed by atoms with Gasteiger partial charge >= 0.3 is 0 Å². The molecule has 2 amide bonds. The van der Waals surface area contributed by atoms with E-state index < -0.39 is 6.10 Å². The first kappa shape index (κ1) is 26.5. The molecule has 1 aliphatic heterocycles. The van der Waals surface area contributed by atoms with E-state index in [1.54, 1.807) is 21.8 Å². The second-order valence-electron chi connectivity index (χ2n) is 9.99. The average Bonchev–Trinajstić information content (AvgIpc) is 3.31. The largest absolute Gasteiger partial charge is 0.382 e. The summed E-state index contributed by atoms with van der Waals surface area (Å²) in [5.41, 5.74) is 9.15. The zero-order chi connectivity index (χ0) is 26.9. The molecule has 3 aromatic rings. The number of carbonyl (C=O) groups excluding carboxylic acids is 2. The number of aromatic nitrogens is 4. The summed E-state index contributed by atoms with van der Waals surface area (Å²) in [6, 6.07) is 3.72. The van der Waals surface area contributed by atoms with Crippen molar-refractivity contribution >= 4 is 22.8 Å². The first-order valence-electron chi connectivity index (χ1n) is 12.6. The molecule has 0 aromatic carbocycles. The Balaban J connectivity index is 1.62. The number of nitrogens with one attached hydrogen (secondary N) is 2. The van der Waals surface area contributed by atoms with Crippen LogP contribution in [0.3, 0.4) is 0 Å². The molecule has 198 valence electrons. The number of aryl methyl sites for hydroxylation is 2. The lowest BCUT2D eigenvalue weighted by Crippen LogP contribution is -2.46. The van der Waals surface area contributed by atoms with E-state index in [2.05, 4.69) is 15.4 Å². The van der Waals surface area contributed by atoms with Crippen LogP contribution >= 0.6 is 0 Å². The fraction of sp³-hybridized carbons (Fsp3) is 0.500. The summed E-state index contributed by atoms with van der Waals surface area (Å²) in [6.07, 6.45) is 1.76. The Bertz CT molecular complexity index is 1370. The van der Waals surface area contributed by atoms with Crippen molar-refractivity contribution in [3.05, 3.63) is 56.8 Å². The Hall–Kier alpha value is -3.57. The number of aromatic amines is 1. The molecule has 5 N–H and O–H groups in total. The number of carbonyl (C=O) groups is 2. The maximum absolute atomic E-state index is 13.4. The van der Waals surface area contributed by atoms with Crippen molar-refractivity contribution in [1.82, 2.24) is 30.0 Å². The van der Waals surface area contributed by atoms with Crippen molar-refractivity contribution in [3.8, 4) is 0 Å². The summed E-state index contributed by atoms with van der Waals surface area (Å²) in [7, 11) is 0. The van der Waals surface area contributed by atoms with Crippen LogP contribution in [0, 0.1) is 13.8 Å². The number of pyridine rings is 2. The molecule has 3 aromatic heterocycles. The Morgan fingerprint density at radius 1 is 1.24 bits per heavy atom. The Kier molecular flexibility index (Phi) is 7.74. The smallest absolute Gasteiger partial charge is 0.253 e. The normalized spacial score (nSPS) is 15.4. The lowest BCUT2D eigenvalue weighted by Gasteiger charge is -2.33. The number of hydrogen-bond acceptors (Lipinski definition) is 7. The molecule has 0 saturated carbocycles. The predicted molar refractivity (Wildman–Crippen MR) is 139 cm³/mol. The SMILES string of the molecule is Cc1cc(C)c(CNC(=O)c2cc(C3CCN(C(=O)C(O)CN)CC3)nc3c2cnn3C(C)C)c(=O)[nH]1. The summed E-state index contributed by atoms with van der Waals surface area (Å²) in [5, 5.41) is 17.8. The average molecular weight is 510 g/mol. The molecule has 1 saturated heterocycles. The number of nitrogens with two attached hydrogens (primary N) is 1. The van der Waals surface area contributed by atoms with Crippen molar-refractivity contribution in [1.29, 1.82) is 0 Å². The maximum atomic E-state index is 13.4. The van der Waals surface area contributed by atoms with Gasteiger partial charge in [0, 0.05) is 55.1 Å². The van der Waals surface area contributed by atoms with Crippen molar-refractivity contribution in [2.24, 2.45) is 5.73 Å². The first-order chi connectivity index (χ1) is 17.6. The molecule has 0 radical (unpaired) electrons. The zero-order valence-corrected chi connectivity index (χ0v) is 21.7. The van der Waals surface area contributed by atoms with Crippen molar-refractivity contribution < 1.29 is 14.7 Å². The molecule has 0 bridgehead atoms. The van der Waals surface area contributed by atoms with E-state index in [0.717, 1.165) is 17.0 Å². The number of H-pyrrole nitrogens is 1. The van der Waals surface area contributed by atoms with Crippen molar-refractivity contribution in [3.63, 3.8) is 0 Å². The number of piperidine rings is 1. The van der Waals surface area contributed by atoms with Gasteiger partial charge in [-0.3, -0.25) is 14.4 Å². The number of likely N-dealkylation sites (tertiary alicyclic amines) is 1. The molecular formula is C26H35N7O4. The molecule has 0 spiro atoms. The predicted octanol–water partition coefficient (Wildman–Crippen LogP) is 1.27. The molecule has 11 nitrogen and oxygen atoms in total. The van der Waals surface area contributed by atoms with E-state index in [9.17, 15) is 19.5 Å². The highest BCUT2D eigenvalue weighted by atomic mass is 16.3. The maximum Gasteiger partial charge on any atom is 0.253 e. The fourth-order valence-corrected chi connectivity index (χ4v) is 4.88. The lowest BCUT2D eigenvalue weighted by atomic mass is 9.91. The van der Waals surface area contributed by atoms with Crippen LogP contribution in [0.15, 0.2) is 23.1 Å². The minimum Gasteiger partial charge on any atom is -0.382 e. The van der Waals surface area contributed by atoms with Crippen LogP contribution in [-0.2, 0) is 11.3 Å². The van der Waals surface area contributed by atoms with Crippen LogP contribution in [0.25, 0.3) is 11.0 Å². The Labute approximate surface area is 215 Å². The third-order valence-electron chi connectivity index (χ3n) is 6.97. The quantitative estimate of drug-likeness (QED) is 0.373. The molecule has 4 rings (SSSR count). The van der Waals surface area contributed by atoms with E-state index >= 15 is 0 Å². The van der Waals surface area contributed by atoms with E-state index in [1.165, 1.54) is 0 Å². The molecule has 1 atom stereocenters. The van der Waals surface area contributed by atoms with Crippen LogP contribution < -0.4 is 16.6 Å². The second kappa shape index (κ2) is 10.8. The molecule has 1 aliphatic rings.